The zero-order chi connectivity index (χ0) is 57.8. The van der Waals surface area contributed by atoms with Gasteiger partial charge in [0.05, 0.1) is 25.4 Å². The Morgan fingerprint density at radius 1 is 0.350 bits per heavy atom. The van der Waals surface area contributed by atoms with Crippen LogP contribution in [-0.4, -0.2) is 47.4 Å². The summed E-state index contributed by atoms with van der Waals surface area (Å²) in [7, 11) is 0. The lowest BCUT2D eigenvalue weighted by molar-refractivity contribution is -0.143. The molecule has 0 aromatic rings. The van der Waals surface area contributed by atoms with Crippen LogP contribution < -0.4 is 5.32 Å². The molecule has 3 N–H and O–H groups in total. The van der Waals surface area contributed by atoms with Crippen molar-refractivity contribution in [2.75, 3.05) is 13.2 Å². The number of rotatable bonds is 68. The van der Waals surface area contributed by atoms with Gasteiger partial charge in [0.15, 0.2) is 0 Å². The first-order valence-electron chi connectivity index (χ1n) is 36.3. The van der Waals surface area contributed by atoms with E-state index in [9.17, 15) is 19.8 Å². The topological polar surface area (TPSA) is 95.9 Å². The molecule has 1 amide bonds. The fourth-order valence-electron chi connectivity index (χ4n) is 11.4. The minimum Gasteiger partial charge on any atom is -0.466 e. The molecule has 2 unspecified atom stereocenters. The van der Waals surface area contributed by atoms with Crippen LogP contribution in [0.25, 0.3) is 0 Å². The van der Waals surface area contributed by atoms with Gasteiger partial charge in [0.25, 0.3) is 0 Å². The van der Waals surface area contributed by atoms with E-state index in [1.807, 2.05) is 6.08 Å². The minimum absolute atomic E-state index is 0.0170. The number of hydrogen-bond donors (Lipinski definition) is 3. The standard InChI is InChI=1S/C74H141NO5/c1-3-5-7-9-11-13-15-17-18-19-33-37-40-44-48-52-56-60-64-68-74(79)80-69-65-61-57-53-49-45-41-38-35-32-30-28-26-24-22-20-21-23-25-27-29-31-34-36-39-43-47-51-55-59-63-67-73(78)75-71(70-76)72(77)66-62-58-54-50-46-42-16-14-12-10-8-6-4-2/h11,13,17-18,62,66,71-72,76-77H,3-10,12,14-16,19-61,63-65,67-70H2,1-2H3,(H,75,78)/b13-11-,18-17-,66-62+. The van der Waals surface area contributed by atoms with Crippen molar-refractivity contribution in [3.8, 4) is 0 Å². The van der Waals surface area contributed by atoms with Crippen LogP contribution in [0.3, 0.4) is 0 Å². The first kappa shape index (κ1) is 78.1. The van der Waals surface area contributed by atoms with Crippen molar-refractivity contribution in [2.24, 2.45) is 0 Å². The predicted octanol–water partition coefficient (Wildman–Crippen LogP) is 23.5. The number of aliphatic hydroxyl groups excluding tert-OH is 2. The fourth-order valence-corrected chi connectivity index (χ4v) is 11.4. The van der Waals surface area contributed by atoms with E-state index in [1.165, 1.54) is 321 Å². The molecule has 0 aliphatic heterocycles. The molecule has 472 valence electrons. The maximum Gasteiger partial charge on any atom is 0.305 e. The van der Waals surface area contributed by atoms with Crippen molar-refractivity contribution in [1.29, 1.82) is 0 Å². The Kier molecular flexibility index (Phi) is 67.9. The molecular formula is C74H141NO5. The van der Waals surface area contributed by atoms with Gasteiger partial charge in [-0.25, -0.2) is 0 Å². The van der Waals surface area contributed by atoms with Crippen LogP contribution in [0.5, 0.6) is 0 Å². The number of amides is 1. The molecule has 0 aromatic heterocycles. The zero-order valence-electron chi connectivity index (χ0n) is 54.1. The minimum atomic E-state index is -0.841. The average molecular weight is 1120 g/mol. The molecule has 2 atom stereocenters. The van der Waals surface area contributed by atoms with E-state index in [1.54, 1.807) is 6.08 Å². The van der Waals surface area contributed by atoms with Crippen LogP contribution in [0.15, 0.2) is 36.5 Å². The molecule has 0 saturated heterocycles. The lowest BCUT2D eigenvalue weighted by atomic mass is 10.0. The summed E-state index contributed by atoms with van der Waals surface area (Å²) in [6.07, 6.45) is 89.5. The molecule has 0 rings (SSSR count). The third-order valence-electron chi connectivity index (χ3n) is 16.9. The van der Waals surface area contributed by atoms with Gasteiger partial charge in [0.1, 0.15) is 0 Å². The molecule has 0 spiro atoms. The highest BCUT2D eigenvalue weighted by Gasteiger charge is 2.18. The quantitative estimate of drug-likeness (QED) is 0.0320. The van der Waals surface area contributed by atoms with Crippen molar-refractivity contribution in [1.82, 2.24) is 5.32 Å². The van der Waals surface area contributed by atoms with E-state index in [0.717, 1.165) is 51.4 Å². The Balaban J connectivity index is 3.32. The molecule has 0 aliphatic rings. The number of carbonyl (C=O) groups is 2. The first-order chi connectivity index (χ1) is 39.5. The zero-order valence-corrected chi connectivity index (χ0v) is 54.1. The van der Waals surface area contributed by atoms with E-state index < -0.39 is 12.1 Å². The Morgan fingerprint density at radius 2 is 0.625 bits per heavy atom. The van der Waals surface area contributed by atoms with Gasteiger partial charge in [-0.15, -0.1) is 0 Å². The number of allylic oxidation sites excluding steroid dienone is 5. The highest BCUT2D eigenvalue weighted by atomic mass is 16.5. The van der Waals surface area contributed by atoms with Gasteiger partial charge in [0.2, 0.25) is 5.91 Å². The van der Waals surface area contributed by atoms with Gasteiger partial charge in [0, 0.05) is 12.8 Å². The van der Waals surface area contributed by atoms with Gasteiger partial charge in [-0.1, -0.05) is 359 Å². The van der Waals surface area contributed by atoms with Crippen molar-refractivity contribution in [2.45, 2.75) is 411 Å². The summed E-state index contributed by atoms with van der Waals surface area (Å²) in [6.45, 7) is 4.90. The molecule has 0 aromatic carbocycles. The van der Waals surface area contributed by atoms with Gasteiger partial charge < -0.3 is 20.3 Å². The van der Waals surface area contributed by atoms with Gasteiger partial charge in [-0.05, 0) is 64.2 Å². The second kappa shape index (κ2) is 69.6. The fraction of sp³-hybridized carbons (Fsp3) is 0.892. The van der Waals surface area contributed by atoms with E-state index in [-0.39, 0.29) is 18.5 Å². The number of hydrogen-bond acceptors (Lipinski definition) is 5. The lowest BCUT2D eigenvalue weighted by Crippen LogP contribution is -2.45. The number of carbonyl (C=O) groups excluding carboxylic acids is 2. The maximum atomic E-state index is 12.5. The number of unbranched alkanes of at least 4 members (excludes halogenated alkanes) is 53. The highest BCUT2D eigenvalue weighted by molar-refractivity contribution is 5.76. The van der Waals surface area contributed by atoms with Crippen LogP contribution in [0.4, 0.5) is 0 Å². The summed E-state index contributed by atoms with van der Waals surface area (Å²) in [5.74, 6) is -0.0453. The SMILES string of the molecule is CCCCC/C=C\C/C=C\CCCCCCCCCCCC(=O)OCCCCCCCCCCCCCCCCCCCCCCCCCCCCCCCCCC(=O)NC(CO)C(O)/C=C/CCCCCCCCCCCCC. The molecule has 80 heavy (non-hydrogen) atoms. The van der Waals surface area contributed by atoms with Crippen molar-refractivity contribution in [3.63, 3.8) is 0 Å². The molecule has 0 aliphatic carbocycles. The van der Waals surface area contributed by atoms with E-state index in [2.05, 4.69) is 43.5 Å². The predicted molar refractivity (Wildman–Crippen MR) is 352 cm³/mol. The molecule has 0 radical (unpaired) electrons. The summed E-state index contributed by atoms with van der Waals surface area (Å²) in [5.41, 5.74) is 0. The summed E-state index contributed by atoms with van der Waals surface area (Å²) in [5, 5.41) is 23.1. The van der Waals surface area contributed by atoms with E-state index in [4.69, 9.17) is 4.74 Å². The summed E-state index contributed by atoms with van der Waals surface area (Å²) < 4.78 is 5.51. The third kappa shape index (κ3) is 65.2. The van der Waals surface area contributed by atoms with Crippen LogP contribution in [0, 0.1) is 0 Å². The lowest BCUT2D eigenvalue weighted by Gasteiger charge is -2.20. The normalized spacial score (nSPS) is 12.7. The molecule has 0 saturated carbocycles. The van der Waals surface area contributed by atoms with Crippen LogP contribution in [0.2, 0.25) is 0 Å². The van der Waals surface area contributed by atoms with Gasteiger partial charge >= 0.3 is 5.97 Å². The number of aliphatic hydroxyl groups is 2. The van der Waals surface area contributed by atoms with Crippen molar-refractivity contribution < 1.29 is 24.5 Å². The molecule has 0 bridgehead atoms. The monoisotopic (exact) mass is 1120 g/mol. The summed E-state index contributed by atoms with van der Waals surface area (Å²) >= 11 is 0. The van der Waals surface area contributed by atoms with Crippen molar-refractivity contribution in [3.05, 3.63) is 36.5 Å². The van der Waals surface area contributed by atoms with Crippen molar-refractivity contribution >= 4 is 11.9 Å². The Bertz CT molecular complexity index is 1300. The van der Waals surface area contributed by atoms with E-state index in [0.29, 0.717) is 19.4 Å². The molecule has 6 heteroatoms. The average Bonchev–Trinajstić information content (AvgIpc) is 3.46. The molecule has 6 nitrogen and oxygen atoms in total. The smallest absolute Gasteiger partial charge is 0.305 e. The van der Waals surface area contributed by atoms with Gasteiger partial charge in [-0.2, -0.15) is 0 Å². The second-order valence-electron chi connectivity index (χ2n) is 24.9. The van der Waals surface area contributed by atoms with Crippen LogP contribution in [0.1, 0.15) is 399 Å². The number of nitrogens with one attached hydrogen (secondary N) is 1. The summed E-state index contributed by atoms with van der Waals surface area (Å²) in [6, 6.07) is -0.624. The summed E-state index contributed by atoms with van der Waals surface area (Å²) in [4.78, 5) is 24.6. The Hall–Kier alpha value is -1.92. The third-order valence-corrected chi connectivity index (χ3v) is 16.9. The van der Waals surface area contributed by atoms with Gasteiger partial charge in [-0.3, -0.25) is 9.59 Å². The Labute approximate surface area is 500 Å². The largest absolute Gasteiger partial charge is 0.466 e. The molecule has 0 fully saturated rings. The second-order valence-corrected chi connectivity index (χ2v) is 24.9. The first-order valence-corrected chi connectivity index (χ1v) is 36.3. The number of esters is 1. The maximum absolute atomic E-state index is 12.5. The highest BCUT2D eigenvalue weighted by Crippen LogP contribution is 2.19. The number of ether oxygens (including phenoxy) is 1. The van der Waals surface area contributed by atoms with Crippen LogP contribution in [-0.2, 0) is 14.3 Å². The molecule has 0 heterocycles. The van der Waals surface area contributed by atoms with Crippen LogP contribution >= 0.6 is 0 Å². The van der Waals surface area contributed by atoms with E-state index >= 15 is 0 Å². The molecular weight excluding hydrogens is 983 g/mol. The Morgan fingerprint density at radius 3 is 0.975 bits per heavy atom.